The molecule has 0 aromatic heterocycles. The van der Waals surface area contributed by atoms with E-state index in [2.05, 4.69) is 6.07 Å². The van der Waals surface area contributed by atoms with E-state index in [0.29, 0.717) is 27.7 Å². The van der Waals surface area contributed by atoms with Gasteiger partial charge in [-0.2, -0.15) is 18.4 Å². The van der Waals surface area contributed by atoms with Crippen LogP contribution in [0.4, 0.5) is 13.2 Å². The number of aliphatic hydroxyl groups is 1. The molecule has 0 spiro atoms. The van der Waals surface area contributed by atoms with Gasteiger partial charge in [-0.3, -0.25) is 9.69 Å². The number of fused-ring (bicyclic) bond motifs is 1. The lowest BCUT2D eigenvalue weighted by Crippen LogP contribution is -2.48. The molecule has 0 bridgehead atoms. The Kier molecular flexibility index (Phi) is 5.80. The summed E-state index contributed by atoms with van der Waals surface area (Å²) in [6, 6.07) is 11.4. The van der Waals surface area contributed by atoms with Gasteiger partial charge in [-0.1, -0.05) is 18.2 Å². The fourth-order valence-corrected chi connectivity index (χ4v) is 5.47. The minimum atomic E-state index is -4.48. The van der Waals surface area contributed by atoms with Gasteiger partial charge in [0.2, 0.25) is 5.91 Å². The van der Waals surface area contributed by atoms with Gasteiger partial charge < -0.3 is 14.6 Å². The molecule has 4 rings (SSSR count). The van der Waals surface area contributed by atoms with Crippen LogP contribution in [0, 0.1) is 11.3 Å². The highest BCUT2D eigenvalue weighted by Crippen LogP contribution is 2.52. The molecule has 2 aliphatic rings. The van der Waals surface area contributed by atoms with E-state index >= 15 is 0 Å². The van der Waals surface area contributed by atoms with Gasteiger partial charge in [-0.05, 0) is 29.8 Å². The summed E-state index contributed by atoms with van der Waals surface area (Å²) in [5.41, 5.74) is -1.47. The van der Waals surface area contributed by atoms with Crippen molar-refractivity contribution >= 4 is 17.7 Å². The van der Waals surface area contributed by atoms with Crippen molar-refractivity contribution in [3.05, 3.63) is 69.8 Å². The molecule has 1 fully saturated rings. The zero-order valence-electron chi connectivity index (χ0n) is 17.6. The molecular formula is C23H19F3N2O4S. The first kappa shape index (κ1) is 23.0. The normalized spacial score (nSPS) is 22.8. The Morgan fingerprint density at radius 2 is 1.82 bits per heavy atom. The number of amides is 1. The molecule has 0 saturated carbocycles. The molecule has 2 atom stereocenters. The van der Waals surface area contributed by atoms with Crippen molar-refractivity contribution in [3.8, 4) is 17.6 Å². The highest BCUT2D eigenvalue weighted by atomic mass is 32.2. The van der Waals surface area contributed by atoms with E-state index in [9.17, 15) is 28.3 Å². The van der Waals surface area contributed by atoms with Crippen molar-refractivity contribution in [3.63, 3.8) is 0 Å². The number of thioether (sulfide) groups is 1. The minimum Gasteiger partial charge on any atom is -0.493 e. The van der Waals surface area contributed by atoms with E-state index in [1.54, 1.807) is 18.2 Å². The molecule has 1 N–H and O–H groups in total. The average molecular weight is 476 g/mol. The van der Waals surface area contributed by atoms with Crippen LogP contribution in [0.3, 0.4) is 0 Å². The van der Waals surface area contributed by atoms with E-state index in [1.165, 1.54) is 31.3 Å². The molecule has 2 aromatic carbocycles. The third-order valence-corrected chi connectivity index (χ3v) is 7.02. The lowest BCUT2D eigenvalue weighted by atomic mass is 9.85. The summed E-state index contributed by atoms with van der Waals surface area (Å²) in [7, 11) is 2.93. The highest BCUT2D eigenvalue weighted by Gasteiger charge is 2.52. The second-order valence-corrected chi connectivity index (χ2v) is 8.58. The van der Waals surface area contributed by atoms with Crippen LogP contribution in [-0.2, 0) is 16.7 Å². The SMILES string of the molecule is COc1ccc([C@@]2(O)CSC3=C(C#N)[C@H](c4ccc(C(F)(F)F)cc4)CC(=O)N32)cc1OC. The number of carbonyl (C=O) groups is 1. The number of rotatable bonds is 4. The number of alkyl halides is 3. The van der Waals surface area contributed by atoms with E-state index in [-0.39, 0.29) is 17.7 Å². The summed E-state index contributed by atoms with van der Waals surface area (Å²) < 4.78 is 49.3. The molecule has 0 unspecified atom stereocenters. The van der Waals surface area contributed by atoms with Gasteiger partial charge in [0, 0.05) is 17.9 Å². The van der Waals surface area contributed by atoms with Gasteiger partial charge in [-0.15, -0.1) is 11.8 Å². The molecule has 2 aromatic rings. The molecule has 1 saturated heterocycles. The van der Waals surface area contributed by atoms with Gasteiger partial charge in [0.15, 0.2) is 17.2 Å². The van der Waals surface area contributed by atoms with E-state index in [0.717, 1.165) is 23.9 Å². The number of benzene rings is 2. The van der Waals surface area contributed by atoms with Crippen LogP contribution in [0.2, 0.25) is 0 Å². The van der Waals surface area contributed by atoms with Crippen LogP contribution in [0.1, 0.15) is 29.0 Å². The fourth-order valence-electron chi connectivity index (χ4n) is 4.11. The molecule has 2 aliphatic heterocycles. The van der Waals surface area contributed by atoms with E-state index < -0.39 is 29.3 Å². The number of allylic oxidation sites excluding steroid dienone is 1. The zero-order valence-corrected chi connectivity index (χ0v) is 18.5. The van der Waals surface area contributed by atoms with Crippen molar-refractivity contribution < 1.29 is 32.5 Å². The van der Waals surface area contributed by atoms with E-state index in [1.807, 2.05) is 0 Å². The first-order valence-electron chi connectivity index (χ1n) is 9.86. The second-order valence-electron chi connectivity index (χ2n) is 7.61. The zero-order chi connectivity index (χ0) is 24.0. The third-order valence-electron chi connectivity index (χ3n) is 5.80. The van der Waals surface area contributed by atoms with Crippen molar-refractivity contribution in [1.29, 1.82) is 5.26 Å². The molecule has 0 aliphatic carbocycles. The van der Waals surface area contributed by atoms with Crippen molar-refractivity contribution in [2.24, 2.45) is 0 Å². The second kappa shape index (κ2) is 8.32. The summed E-state index contributed by atoms with van der Waals surface area (Å²) in [5.74, 6) is -0.226. The summed E-state index contributed by atoms with van der Waals surface area (Å²) >= 11 is 1.15. The first-order valence-corrected chi connectivity index (χ1v) is 10.8. The molecule has 2 heterocycles. The van der Waals surface area contributed by atoms with Crippen molar-refractivity contribution in [2.45, 2.75) is 24.2 Å². The standard InChI is InChI=1S/C23H19F3N2O4S/c1-31-18-8-7-15(9-19(18)32-2)22(30)12-33-21-17(11-27)16(10-20(29)28(21)22)13-3-5-14(6-4-13)23(24,25)26/h3-9,16,30H,10,12H2,1-2H3/t16-,22-/m0/s1. The number of ether oxygens (including phenoxy) is 2. The number of hydrogen-bond donors (Lipinski definition) is 1. The monoisotopic (exact) mass is 476 g/mol. The molecule has 6 nitrogen and oxygen atoms in total. The number of hydrogen-bond acceptors (Lipinski definition) is 6. The van der Waals surface area contributed by atoms with Crippen LogP contribution in [-0.4, -0.2) is 35.9 Å². The van der Waals surface area contributed by atoms with Crippen LogP contribution in [0.5, 0.6) is 11.5 Å². The number of methoxy groups -OCH3 is 2. The van der Waals surface area contributed by atoms with Crippen LogP contribution in [0.25, 0.3) is 0 Å². The topological polar surface area (TPSA) is 82.8 Å². The Hall–Kier alpha value is -3.16. The van der Waals surface area contributed by atoms with Crippen LogP contribution >= 0.6 is 11.8 Å². The lowest BCUT2D eigenvalue weighted by Gasteiger charge is -2.38. The van der Waals surface area contributed by atoms with Gasteiger partial charge in [-0.25, -0.2) is 0 Å². The van der Waals surface area contributed by atoms with Crippen molar-refractivity contribution in [1.82, 2.24) is 4.90 Å². The lowest BCUT2D eigenvalue weighted by molar-refractivity contribution is -0.149. The number of nitrogens with zero attached hydrogens (tertiary/aromatic N) is 2. The summed E-state index contributed by atoms with van der Waals surface area (Å²) in [4.78, 5) is 14.4. The molecule has 0 radical (unpaired) electrons. The van der Waals surface area contributed by atoms with Crippen LogP contribution in [0.15, 0.2) is 53.1 Å². The Labute approximate surface area is 192 Å². The first-order chi connectivity index (χ1) is 15.6. The Morgan fingerprint density at radius 3 is 2.39 bits per heavy atom. The minimum absolute atomic E-state index is 0.0778. The Bertz CT molecular complexity index is 1170. The summed E-state index contributed by atoms with van der Waals surface area (Å²) in [6.07, 6.45) is -4.64. The quantitative estimate of drug-likeness (QED) is 0.706. The third kappa shape index (κ3) is 3.81. The predicted molar refractivity (Wildman–Crippen MR) is 114 cm³/mol. The summed E-state index contributed by atoms with van der Waals surface area (Å²) in [5, 5.41) is 21.7. The molecular weight excluding hydrogens is 457 g/mol. The molecule has 172 valence electrons. The molecule has 10 heteroatoms. The maximum Gasteiger partial charge on any atom is 0.416 e. The Morgan fingerprint density at radius 1 is 1.15 bits per heavy atom. The highest BCUT2D eigenvalue weighted by molar-refractivity contribution is 8.03. The maximum atomic E-state index is 13.2. The van der Waals surface area contributed by atoms with Gasteiger partial charge >= 0.3 is 6.18 Å². The van der Waals surface area contributed by atoms with Gasteiger partial charge in [0.1, 0.15) is 0 Å². The van der Waals surface area contributed by atoms with E-state index in [4.69, 9.17) is 9.47 Å². The smallest absolute Gasteiger partial charge is 0.416 e. The summed E-state index contributed by atoms with van der Waals surface area (Å²) in [6.45, 7) is 0. The predicted octanol–water partition coefficient (Wildman–Crippen LogP) is 4.37. The largest absolute Gasteiger partial charge is 0.493 e. The molecule has 1 amide bonds. The Balaban J connectivity index is 1.75. The van der Waals surface area contributed by atoms with Crippen molar-refractivity contribution in [2.75, 3.05) is 20.0 Å². The number of halogens is 3. The number of nitriles is 1. The fraction of sp³-hybridized carbons (Fsp3) is 0.304. The van der Waals surface area contributed by atoms with Gasteiger partial charge in [0.25, 0.3) is 0 Å². The maximum absolute atomic E-state index is 13.2. The average Bonchev–Trinajstić information content (AvgIpc) is 3.17. The number of carbonyl (C=O) groups excluding carboxylic acids is 1. The van der Waals surface area contributed by atoms with Gasteiger partial charge in [0.05, 0.1) is 42.2 Å². The molecule has 33 heavy (non-hydrogen) atoms. The van der Waals surface area contributed by atoms with Crippen LogP contribution < -0.4 is 9.47 Å².